The van der Waals surface area contributed by atoms with Crippen molar-refractivity contribution in [1.82, 2.24) is 9.88 Å². The molecule has 0 spiro atoms. The van der Waals surface area contributed by atoms with Gasteiger partial charge in [0.15, 0.2) is 0 Å². The van der Waals surface area contributed by atoms with E-state index in [1.54, 1.807) is 36.7 Å². The molecule has 0 N–H and O–H groups in total. The predicted octanol–water partition coefficient (Wildman–Crippen LogP) is 2.12. The van der Waals surface area contributed by atoms with Crippen molar-refractivity contribution < 1.29 is 19.2 Å². The van der Waals surface area contributed by atoms with Gasteiger partial charge in [0.1, 0.15) is 0 Å². The van der Waals surface area contributed by atoms with Gasteiger partial charge in [-0.3, -0.25) is 24.7 Å². The Hall–Kier alpha value is -3.29. The zero-order valence-electron chi connectivity index (χ0n) is 14.3. The van der Waals surface area contributed by atoms with Crippen LogP contribution >= 0.6 is 0 Å². The van der Waals surface area contributed by atoms with Crippen LogP contribution in [0.25, 0.3) is 0 Å². The van der Waals surface area contributed by atoms with Gasteiger partial charge in [0, 0.05) is 37.1 Å². The number of hydrogen-bond donors (Lipinski definition) is 0. The Morgan fingerprint density at radius 1 is 1.23 bits per heavy atom. The number of esters is 1. The van der Waals surface area contributed by atoms with Gasteiger partial charge in [0.25, 0.3) is 5.69 Å². The Labute approximate surface area is 150 Å². The van der Waals surface area contributed by atoms with Crippen molar-refractivity contribution in [2.24, 2.45) is 0 Å². The predicted molar refractivity (Wildman–Crippen MR) is 93.1 cm³/mol. The van der Waals surface area contributed by atoms with Crippen molar-refractivity contribution in [1.29, 1.82) is 0 Å². The molecule has 1 aromatic heterocycles. The summed E-state index contributed by atoms with van der Waals surface area (Å²) in [6.45, 7) is 0.408. The molecule has 26 heavy (non-hydrogen) atoms. The lowest BCUT2D eigenvalue weighted by molar-refractivity contribution is -0.385. The van der Waals surface area contributed by atoms with E-state index >= 15 is 0 Å². The lowest BCUT2D eigenvalue weighted by atomic mass is 10.1. The van der Waals surface area contributed by atoms with E-state index in [9.17, 15) is 19.7 Å². The molecule has 0 unspecified atom stereocenters. The third-order valence-corrected chi connectivity index (χ3v) is 3.79. The Balaban J connectivity index is 2.16. The molecular weight excluding hydrogens is 338 g/mol. The van der Waals surface area contributed by atoms with Crippen LogP contribution in [0.4, 0.5) is 5.69 Å². The molecule has 1 aromatic carbocycles. The summed E-state index contributed by atoms with van der Waals surface area (Å²) in [5.74, 6) is -0.744. The summed E-state index contributed by atoms with van der Waals surface area (Å²) >= 11 is 0. The summed E-state index contributed by atoms with van der Waals surface area (Å²) in [6, 6.07) is 9.68. The Morgan fingerprint density at radius 2 is 2.00 bits per heavy atom. The quantitative estimate of drug-likeness (QED) is 0.407. The number of ether oxygens (including phenoxy) is 1. The minimum atomic E-state index is -0.511. The molecule has 0 aliphatic rings. The van der Waals surface area contributed by atoms with Crippen LogP contribution in [-0.4, -0.2) is 40.3 Å². The van der Waals surface area contributed by atoms with E-state index in [2.05, 4.69) is 9.72 Å². The van der Waals surface area contributed by atoms with Crippen molar-refractivity contribution in [2.75, 3.05) is 13.7 Å². The molecule has 1 amide bonds. The van der Waals surface area contributed by atoms with Crippen LogP contribution in [0.2, 0.25) is 0 Å². The highest BCUT2D eigenvalue weighted by molar-refractivity contribution is 5.80. The zero-order chi connectivity index (χ0) is 18.9. The van der Waals surface area contributed by atoms with E-state index in [0.717, 1.165) is 5.56 Å². The standard InChI is InChI=1S/C18H19N3O5/c1-26-18(23)8-10-20(13-14-5-4-9-19-12-14)17(22)11-15-6-2-3-7-16(15)21(24)25/h2-7,9,12H,8,10-11,13H2,1H3. The second kappa shape index (κ2) is 9.26. The third-order valence-electron chi connectivity index (χ3n) is 3.79. The van der Waals surface area contributed by atoms with Gasteiger partial charge in [0.05, 0.1) is 24.9 Å². The number of hydrogen-bond acceptors (Lipinski definition) is 6. The average molecular weight is 357 g/mol. The zero-order valence-corrected chi connectivity index (χ0v) is 14.3. The van der Waals surface area contributed by atoms with Crippen LogP contribution < -0.4 is 0 Å². The molecule has 0 atom stereocenters. The number of carbonyl (C=O) groups is 2. The number of pyridine rings is 1. The molecule has 0 saturated carbocycles. The summed E-state index contributed by atoms with van der Waals surface area (Å²) in [7, 11) is 1.28. The van der Waals surface area contributed by atoms with Crippen LogP contribution in [0.1, 0.15) is 17.5 Å². The third kappa shape index (κ3) is 5.37. The maximum Gasteiger partial charge on any atom is 0.307 e. The Kier molecular flexibility index (Phi) is 6.78. The van der Waals surface area contributed by atoms with E-state index in [-0.39, 0.29) is 37.5 Å². The topological polar surface area (TPSA) is 103 Å². The molecule has 1 heterocycles. The monoisotopic (exact) mass is 357 g/mol. The summed E-state index contributed by atoms with van der Waals surface area (Å²) in [6.07, 6.45) is 3.17. The van der Waals surface area contributed by atoms with Gasteiger partial charge < -0.3 is 9.64 Å². The number of rotatable bonds is 8. The van der Waals surface area contributed by atoms with Crippen LogP contribution in [0.15, 0.2) is 48.8 Å². The molecule has 0 aliphatic heterocycles. The fourth-order valence-electron chi connectivity index (χ4n) is 2.45. The number of nitro groups is 1. The largest absolute Gasteiger partial charge is 0.469 e. The van der Waals surface area contributed by atoms with Gasteiger partial charge in [-0.1, -0.05) is 24.3 Å². The molecule has 0 radical (unpaired) electrons. The summed E-state index contributed by atoms with van der Waals surface area (Å²) in [4.78, 5) is 40.3. The van der Waals surface area contributed by atoms with Gasteiger partial charge in [-0.25, -0.2) is 0 Å². The summed E-state index contributed by atoms with van der Waals surface area (Å²) in [5.41, 5.74) is 1.03. The lowest BCUT2D eigenvalue weighted by Crippen LogP contribution is -2.34. The SMILES string of the molecule is COC(=O)CCN(Cc1cccnc1)C(=O)Cc1ccccc1[N+](=O)[O-]. The minimum absolute atomic E-state index is 0.0411. The molecule has 8 nitrogen and oxygen atoms in total. The number of benzene rings is 1. The van der Waals surface area contributed by atoms with Crippen LogP contribution in [0.3, 0.4) is 0 Å². The summed E-state index contributed by atoms with van der Waals surface area (Å²) in [5, 5.41) is 11.1. The molecule has 136 valence electrons. The summed E-state index contributed by atoms with van der Waals surface area (Å²) < 4.78 is 4.62. The van der Waals surface area contributed by atoms with Crippen LogP contribution in [-0.2, 0) is 27.3 Å². The molecule has 8 heteroatoms. The molecular formula is C18H19N3O5. The molecule has 2 aromatic rings. The normalized spacial score (nSPS) is 10.2. The van der Waals surface area contributed by atoms with Gasteiger partial charge in [-0.15, -0.1) is 0 Å². The van der Waals surface area contributed by atoms with Crippen molar-refractivity contribution in [3.63, 3.8) is 0 Å². The molecule has 0 aliphatic carbocycles. The molecule has 2 rings (SSSR count). The van der Waals surface area contributed by atoms with E-state index in [1.807, 2.05) is 6.07 Å². The fourth-order valence-corrected chi connectivity index (χ4v) is 2.45. The molecule has 0 saturated heterocycles. The first kappa shape index (κ1) is 19.0. The first-order valence-corrected chi connectivity index (χ1v) is 7.97. The number of nitro benzene ring substituents is 1. The van der Waals surface area contributed by atoms with E-state index < -0.39 is 10.9 Å². The number of nitrogens with zero attached hydrogens (tertiary/aromatic N) is 3. The van der Waals surface area contributed by atoms with Crippen molar-refractivity contribution in [3.05, 3.63) is 70.0 Å². The highest BCUT2D eigenvalue weighted by Gasteiger charge is 2.21. The van der Waals surface area contributed by atoms with Crippen molar-refractivity contribution in [2.45, 2.75) is 19.4 Å². The average Bonchev–Trinajstić information content (AvgIpc) is 2.65. The van der Waals surface area contributed by atoms with E-state index in [1.165, 1.54) is 18.1 Å². The fraction of sp³-hybridized carbons (Fsp3) is 0.278. The van der Waals surface area contributed by atoms with Crippen LogP contribution in [0.5, 0.6) is 0 Å². The first-order valence-electron chi connectivity index (χ1n) is 7.97. The van der Waals surface area contributed by atoms with Crippen molar-refractivity contribution >= 4 is 17.6 Å². The van der Waals surface area contributed by atoms with Gasteiger partial charge in [0.2, 0.25) is 5.91 Å². The second-order valence-corrected chi connectivity index (χ2v) is 5.57. The lowest BCUT2D eigenvalue weighted by Gasteiger charge is -2.22. The first-order chi connectivity index (χ1) is 12.5. The number of methoxy groups -OCH3 is 1. The van der Waals surface area contributed by atoms with Gasteiger partial charge in [-0.2, -0.15) is 0 Å². The number of para-hydroxylation sites is 1. The molecule has 0 bridgehead atoms. The van der Waals surface area contributed by atoms with E-state index in [0.29, 0.717) is 5.56 Å². The van der Waals surface area contributed by atoms with Gasteiger partial charge >= 0.3 is 5.97 Å². The minimum Gasteiger partial charge on any atom is -0.469 e. The maximum absolute atomic E-state index is 12.7. The second-order valence-electron chi connectivity index (χ2n) is 5.57. The highest BCUT2D eigenvalue weighted by atomic mass is 16.6. The van der Waals surface area contributed by atoms with Crippen LogP contribution in [0, 0.1) is 10.1 Å². The van der Waals surface area contributed by atoms with Gasteiger partial charge in [-0.05, 0) is 11.6 Å². The highest BCUT2D eigenvalue weighted by Crippen LogP contribution is 2.19. The van der Waals surface area contributed by atoms with E-state index in [4.69, 9.17) is 0 Å². The van der Waals surface area contributed by atoms with Crippen molar-refractivity contribution in [3.8, 4) is 0 Å². The number of carbonyl (C=O) groups excluding carboxylic acids is 2. The Morgan fingerprint density at radius 3 is 2.65 bits per heavy atom. The molecule has 0 fully saturated rings. The Bertz CT molecular complexity index is 779. The number of amides is 1. The maximum atomic E-state index is 12.7. The smallest absolute Gasteiger partial charge is 0.307 e. The number of aromatic nitrogens is 1.